The minimum absolute atomic E-state index is 0. The molecule has 1 atom stereocenters. The molecule has 1 amide bonds. The Hall–Kier alpha value is -1.82. The number of hydrogen-bond donors (Lipinski definition) is 1. The fraction of sp³-hybridized carbons (Fsp3) is 0.312. The third-order valence-electron chi connectivity index (χ3n) is 2.92. The lowest BCUT2D eigenvalue weighted by molar-refractivity contribution is -0.137. The Morgan fingerprint density at radius 3 is 2.59 bits per heavy atom. The zero-order valence-electron chi connectivity index (χ0n) is 11.3. The van der Waals surface area contributed by atoms with E-state index in [1.54, 1.807) is 11.3 Å². The van der Waals surface area contributed by atoms with E-state index in [1.807, 2.05) is 24.4 Å². The van der Waals surface area contributed by atoms with Crippen molar-refractivity contribution < 1.29 is 18.0 Å². The second-order valence-corrected chi connectivity index (χ2v) is 5.77. The van der Waals surface area contributed by atoms with Crippen LogP contribution < -0.4 is 5.32 Å². The van der Waals surface area contributed by atoms with E-state index in [2.05, 4.69) is 5.32 Å². The molecule has 0 radical (unpaired) electrons. The van der Waals surface area contributed by atoms with Gasteiger partial charge in [-0.05, 0) is 36.6 Å². The maximum atomic E-state index is 12.6. The number of carbonyl (C=O) groups excluding carboxylic acids is 1. The molecule has 2 aromatic rings. The van der Waals surface area contributed by atoms with E-state index in [9.17, 15) is 18.0 Å². The minimum Gasteiger partial charge on any atom is -0.349 e. The van der Waals surface area contributed by atoms with Gasteiger partial charge in [-0.1, -0.05) is 19.6 Å². The summed E-state index contributed by atoms with van der Waals surface area (Å²) < 4.78 is 37.8. The molecule has 0 aliphatic rings. The predicted octanol–water partition coefficient (Wildman–Crippen LogP) is 4.76. The highest BCUT2D eigenvalue weighted by Crippen LogP contribution is 2.29. The normalized spacial score (nSPS) is 12.4. The predicted molar refractivity (Wildman–Crippen MR) is 83.1 cm³/mol. The SMILES string of the molecule is C.CC(Cc1cccs1)NC(=O)c1cccc(C(F)(F)F)c1. The van der Waals surface area contributed by atoms with Crippen molar-refractivity contribution in [1.82, 2.24) is 5.32 Å². The summed E-state index contributed by atoms with van der Waals surface area (Å²) in [7, 11) is 0. The Bertz CT molecular complexity index is 608. The monoisotopic (exact) mass is 329 g/mol. The molecular formula is C16H18F3NOS. The summed E-state index contributed by atoms with van der Waals surface area (Å²) in [5.41, 5.74) is -0.802. The Kier molecular flexibility index (Phi) is 6.17. The van der Waals surface area contributed by atoms with Gasteiger partial charge in [-0.2, -0.15) is 13.2 Å². The van der Waals surface area contributed by atoms with E-state index < -0.39 is 17.6 Å². The van der Waals surface area contributed by atoms with Gasteiger partial charge < -0.3 is 5.32 Å². The van der Waals surface area contributed by atoms with Crippen LogP contribution in [0.15, 0.2) is 41.8 Å². The van der Waals surface area contributed by atoms with Crippen molar-refractivity contribution in [2.75, 3.05) is 0 Å². The van der Waals surface area contributed by atoms with E-state index in [0.29, 0.717) is 6.42 Å². The molecule has 120 valence electrons. The third kappa shape index (κ3) is 4.87. The number of amides is 1. The maximum Gasteiger partial charge on any atom is 0.416 e. The van der Waals surface area contributed by atoms with Gasteiger partial charge in [0.25, 0.3) is 5.91 Å². The minimum atomic E-state index is -4.45. The van der Waals surface area contributed by atoms with Crippen molar-refractivity contribution in [3.05, 3.63) is 57.8 Å². The zero-order valence-corrected chi connectivity index (χ0v) is 12.1. The number of thiophene rings is 1. The molecule has 0 spiro atoms. The van der Waals surface area contributed by atoms with Crippen LogP contribution in [0, 0.1) is 0 Å². The largest absolute Gasteiger partial charge is 0.416 e. The lowest BCUT2D eigenvalue weighted by Gasteiger charge is -2.14. The molecule has 1 N–H and O–H groups in total. The molecule has 22 heavy (non-hydrogen) atoms. The van der Waals surface area contributed by atoms with E-state index in [-0.39, 0.29) is 19.0 Å². The fourth-order valence-electron chi connectivity index (χ4n) is 1.93. The van der Waals surface area contributed by atoms with Gasteiger partial charge in [-0.25, -0.2) is 0 Å². The summed E-state index contributed by atoms with van der Waals surface area (Å²) in [6.07, 6.45) is -3.79. The first-order valence-electron chi connectivity index (χ1n) is 6.37. The highest BCUT2D eigenvalue weighted by Gasteiger charge is 2.30. The molecule has 0 aliphatic carbocycles. The standard InChI is InChI=1S/C15H14F3NOS.CH4/c1-10(8-13-6-3-7-21-13)19-14(20)11-4-2-5-12(9-11)15(16,17)18;/h2-7,9-10H,8H2,1H3,(H,19,20);1H4. The second kappa shape index (κ2) is 7.45. The summed E-state index contributed by atoms with van der Waals surface area (Å²) >= 11 is 1.58. The van der Waals surface area contributed by atoms with Gasteiger partial charge in [0.2, 0.25) is 0 Å². The average Bonchev–Trinajstić information content (AvgIpc) is 2.90. The molecule has 0 bridgehead atoms. The number of carbonyl (C=O) groups is 1. The molecule has 0 fully saturated rings. The first kappa shape index (κ1) is 18.2. The maximum absolute atomic E-state index is 12.6. The Morgan fingerprint density at radius 2 is 2.00 bits per heavy atom. The van der Waals surface area contributed by atoms with E-state index >= 15 is 0 Å². The Morgan fingerprint density at radius 1 is 1.27 bits per heavy atom. The van der Waals surface area contributed by atoms with Crippen LogP contribution in [0.4, 0.5) is 13.2 Å². The van der Waals surface area contributed by atoms with Gasteiger partial charge in [0.15, 0.2) is 0 Å². The molecular weight excluding hydrogens is 311 g/mol. The quantitative estimate of drug-likeness (QED) is 0.860. The number of rotatable bonds is 4. The van der Waals surface area contributed by atoms with Gasteiger partial charge in [0, 0.05) is 22.9 Å². The summed E-state index contributed by atoms with van der Waals surface area (Å²) in [4.78, 5) is 13.1. The van der Waals surface area contributed by atoms with Crippen LogP contribution in [0.3, 0.4) is 0 Å². The molecule has 6 heteroatoms. The summed E-state index contributed by atoms with van der Waals surface area (Å²) in [5.74, 6) is -0.495. The van der Waals surface area contributed by atoms with Crippen LogP contribution in [0.25, 0.3) is 0 Å². The number of benzene rings is 1. The number of nitrogens with one attached hydrogen (secondary N) is 1. The smallest absolute Gasteiger partial charge is 0.349 e. The van der Waals surface area contributed by atoms with E-state index in [1.165, 1.54) is 12.1 Å². The molecule has 2 rings (SSSR count). The third-order valence-corrected chi connectivity index (χ3v) is 3.82. The molecule has 1 unspecified atom stereocenters. The van der Waals surface area contributed by atoms with Crippen molar-refractivity contribution in [3.63, 3.8) is 0 Å². The van der Waals surface area contributed by atoms with Crippen LogP contribution >= 0.6 is 11.3 Å². The lowest BCUT2D eigenvalue weighted by atomic mass is 10.1. The molecule has 1 aromatic carbocycles. The molecule has 1 aromatic heterocycles. The molecule has 1 heterocycles. The van der Waals surface area contributed by atoms with Crippen LogP contribution in [0.1, 0.15) is 35.1 Å². The van der Waals surface area contributed by atoms with Gasteiger partial charge in [-0.15, -0.1) is 11.3 Å². The number of alkyl halides is 3. The Labute approximate surface area is 132 Å². The van der Waals surface area contributed by atoms with Crippen molar-refractivity contribution >= 4 is 17.2 Å². The molecule has 0 saturated heterocycles. The highest BCUT2D eigenvalue weighted by molar-refractivity contribution is 7.09. The molecule has 0 saturated carbocycles. The van der Waals surface area contributed by atoms with Crippen LogP contribution in [0.2, 0.25) is 0 Å². The summed E-state index contributed by atoms with van der Waals surface area (Å²) in [6, 6.07) is 8.16. The molecule has 2 nitrogen and oxygen atoms in total. The summed E-state index contributed by atoms with van der Waals surface area (Å²) in [6.45, 7) is 1.82. The lowest BCUT2D eigenvalue weighted by Crippen LogP contribution is -2.34. The highest BCUT2D eigenvalue weighted by atomic mass is 32.1. The van der Waals surface area contributed by atoms with Gasteiger partial charge in [-0.3, -0.25) is 4.79 Å². The second-order valence-electron chi connectivity index (χ2n) is 4.74. The number of halogens is 3. The topological polar surface area (TPSA) is 29.1 Å². The Balaban J connectivity index is 0.00000242. The number of hydrogen-bond acceptors (Lipinski definition) is 2. The van der Waals surface area contributed by atoms with Crippen molar-refractivity contribution in [1.29, 1.82) is 0 Å². The van der Waals surface area contributed by atoms with Crippen LogP contribution in [0.5, 0.6) is 0 Å². The fourth-order valence-corrected chi connectivity index (χ4v) is 2.76. The van der Waals surface area contributed by atoms with Crippen LogP contribution in [-0.2, 0) is 12.6 Å². The summed E-state index contributed by atoms with van der Waals surface area (Å²) in [5, 5.41) is 4.65. The van der Waals surface area contributed by atoms with Crippen molar-refractivity contribution in [3.8, 4) is 0 Å². The van der Waals surface area contributed by atoms with Gasteiger partial charge >= 0.3 is 6.18 Å². The molecule has 0 aliphatic heterocycles. The van der Waals surface area contributed by atoms with Crippen molar-refractivity contribution in [2.24, 2.45) is 0 Å². The van der Waals surface area contributed by atoms with Gasteiger partial charge in [0.05, 0.1) is 5.56 Å². The zero-order chi connectivity index (χ0) is 15.5. The van der Waals surface area contributed by atoms with Crippen molar-refractivity contribution in [2.45, 2.75) is 33.0 Å². The van der Waals surface area contributed by atoms with E-state index in [4.69, 9.17) is 0 Å². The van der Waals surface area contributed by atoms with E-state index in [0.717, 1.165) is 17.0 Å². The van der Waals surface area contributed by atoms with Gasteiger partial charge in [0.1, 0.15) is 0 Å². The first-order chi connectivity index (χ1) is 9.86. The average molecular weight is 329 g/mol. The van der Waals surface area contributed by atoms with Crippen LogP contribution in [-0.4, -0.2) is 11.9 Å². The first-order valence-corrected chi connectivity index (χ1v) is 7.25.